The molecule has 0 radical (unpaired) electrons. The molecule has 3 aliphatic rings. The lowest BCUT2D eigenvalue weighted by Crippen LogP contribution is -2.46. The van der Waals surface area contributed by atoms with Crippen LogP contribution in [0.1, 0.15) is 63.6 Å². The summed E-state index contributed by atoms with van der Waals surface area (Å²) in [5.41, 5.74) is 3.94. The lowest BCUT2D eigenvalue weighted by Gasteiger charge is -2.40. The largest absolute Gasteiger partial charge is 0.493 e. The van der Waals surface area contributed by atoms with Crippen molar-refractivity contribution in [1.29, 1.82) is 0 Å². The Labute approximate surface area is 269 Å². The Morgan fingerprint density at radius 3 is 1.09 bits per heavy atom. The number of ether oxygens (including phenoxy) is 6. The first-order valence-corrected chi connectivity index (χ1v) is 16.7. The molecular formula is C39H50O6. The maximum atomic E-state index is 6.24. The fraction of sp³-hybridized carbons (Fsp3) is 0.538. The normalized spacial score (nSPS) is 19.5. The molecule has 3 aromatic carbocycles. The van der Waals surface area contributed by atoms with Crippen LogP contribution in [0, 0.1) is 16.2 Å². The van der Waals surface area contributed by atoms with E-state index in [4.69, 9.17) is 28.4 Å². The quantitative estimate of drug-likeness (QED) is 0.165. The van der Waals surface area contributed by atoms with Gasteiger partial charge in [-0.05, 0) is 78.8 Å². The summed E-state index contributed by atoms with van der Waals surface area (Å²) >= 11 is 0. The van der Waals surface area contributed by atoms with Crippen molar-refractivity contribution in [2.45, 2.75) is 58.8 Å². The molecule has 3 aliphatic heterocycles. The second-order valence-electron chi connectivity index (χ2n) is 14.1. The van der Waals surface area contributed by atoms with Gasteiger partial charge in [-0.2, -0.15) is 0 Å². The highest BCUT2D eigenvalue weighted by Crippen LogP contribution is 2.39. The summed E-state index contributed by atoms with van der Waals surface area (Å²) in [5, 5.41) is 0. The fourth-order valence-corrected chi connectivity index (χ4v) is 6.37. The Hall–Kier alpha value is -3.06. The number of hydrogen-bond donors (Lipinski definition) is 0. The molecule has 0 unspecified atom stereocenters. The monoisotopic (exact) mass is 614 g/mol. The molecule has 0 N–H and O–H groups in total. The van der Waals surface area contributed by atoms with E-state index in [2.05, 4.69) is 100 Å². The third-order valence-corrected chi connectivity index (χ3v) is 10.8. The van der Waals surface area contributed by atoms with E-state index in [0.29, 0.717) is 19.8 Å². The second-order valence-corrected chi connectivity index (χ2v) is 14.1. The van der Waals surface area contributed by atoms with Gasteiger partial charge in [0.25, 0.3) is 0 Å². The molecule has 0 amide bonds. The van der Waals surface area contributed by atoms with E-state index in [1.807, 2.05) is 0 Å². The van der Waals surface area contributed by atoms with Gasteiger partial charge in [0.2, 0.25) is 0 Å². The molecule has 3 fully saturated rings. The van der Waals surface area contributed by atoms with Crippen LogP contribution in [-0.4, -0.2) is 59.5 Å². The van der Waals surface area contributed by atoms with Crippen molar-refractivity contribution >= 4 is 0 Å². The molecule has 0 saturated carbocycles. The molecule has 3 aromatic rings. The maximum Gasteiger partial charge on any atom is 0.119 e. The standard InChI is InChI=1S/C39H50O6/c1-5-37(21-40-22-37)27-43-33-14-8-30(9-15-33)20-36(4,31-10-16-34(17-11-31)44-28-38(6-2)23-41-24-38)32-12-18-35(19-13-32)45-29-39(7-3)25-42-26-39/h8-19H,5-7,20-29H2,1-4H3. The van der Waals surface area contributed by atoms with Crippen LogP contribution in [0.5, 0.6) is 17.2 Å². The van der Waals surface area contributed by atoms with Crippen LogP contribution in [0.2, 0.25) is 0 Å². The Bertz CT molecular complexity index is 1280. The maximum absolute atomic E-state index is 6.24. The SMILES string of the molecule is CCC1(COc2ccc(CC(C)(c3ccc(OCC4(CC)COC4)cc3)c3ccc(OCC4(CC)COC4)cc3)cc2)COC1. The van der Waals surface area contributed by atoms with Crippen LogP contribution in [0.15, 0.2) is 72.8 Å². The smallest absolute Gasteiger partial charge is 0.119 e. The van der Waals surface area contributed by atoms with E-state index >= 15 is 0 Å². The molecule has 6 heteroatoms. The van der Waals surface area contributed by atoms with Crippen LogP contribution >= 0.6 is 0 Å². The van der Waals surface area contributed by atoms with Crippen molar-refractivity contribution < 1.29 is 28.4 Å². The first kappa shape index (κ1) is 31.9. The van der Waals surface area contributed by atoms with E-state index in [1.54, 1.807) is 0 Å². The molecule has 0 aliphatic carbocycles. The van der Waals surface area contributed by atoms with Crippen LogP contribution in [-0.2, 0) is 26.0 Å². The third kappa shape index (κ3) is 6.89. The summed E-state index contributed by atoms with van der Waals surface area (Å²) in [4.78, 5) is 0. The molecule has 6 nitrogen and oxygen atoms in total. The highest BCUT2D eigenvalue weighted by molar-refractivity contribution is 5.45. The van der Waals surface area contributed by atoms with E-state index in [-0.39, 0.29) is 21.7 Å². The number of hydrogen-bond acceptors (Lipinski definition) is 6. The van der Waals surface area contributed by atoms with Gasteiger partial charge in [0, 0.05) is 5.41 Å². The molecule has 6 rings (SSSR count). The Kier molecular flexibility index (Phi) is 9.47. The summed E-state index contributed by atoms with van der Waals surface area (Å²) in [5.74, 6) is 2.71. The predicted octanol–water partition coefficient (Wildman–Crippen LogP) is 7.65. The van der Waals surface area contributed by atoms with Crippen LogP contribution < -0.4 is 14.2 Å². The van der Waals surface area contributed by atoms with Crippen LogP contribution in [0.3, 0.4) is 0 Å². The van der Waals surface area contributed by atoms with Crippen molar-refractivity contribution in [1.82, 2.24) is 0 Å². The number of benzene rings is 3. The Balaban J connectivity index is 1.19. The molecule has 0 bridgehead atoms. The van der Waals surface area contributed by atoms with Crippen LogP contribution in [0.4, 0.5) is 0 Å². The lowest BCUT2D eigenvalue weighted by molar-refractivity contribution is -0.133. The zero-order valence-corrected chi connectivity index (χ0v) is 27.6. The molecule has 0 atom stereocenters. The summed E-state index contributed by atoms with van der Waals surface area (Å²) in [6.45, 7) is 15.7. The first-order chi connectivity index (χ1) is 21.8. The highest BCUT2D eigenvalue weighted by Gasteiger charge is 2.39. The minimum atomic E-state index is -0.270. The average Bonchev–Trinajstić information content (AvgIpc) is 3.01. The van der Waals surface area contributed by atoms with E-state index < -0.39 is 0 Å². The summed E-state index contributed by atoms with van der Waals surface area (Å²) in [7, 11) is 0. The second kappa shape index (κ2) is 13.4. The average molecular weight is 615 g/mol. The Morgan fingerprint density at radius 1 is 0.511 bits per heavy atom. The minimum absolute atomic E-state index is 0.151. The topological polar surface area (TPSA) is 55.4 Å². The van der Waals surface area contributed by atoms with Gasteiger partial charge in [-0.25, -0.2) is 0 Å². The van der Waals surface area contributed by atoms with Gasteiger partial charge in [-0.15, -0.1) is 0 Å². The van der Waals surface area contributed by atoms with Gasteiger partial charge in [0.1, 0.15) is 17.2 Å². The van der Waals surface area contributed by atoms with E-state index in [1.165, 1.54) is 16.7 Å². The lowest BCUT2D eigenvalue weighted by atomic mass is 9.72. The van der Waals surface area contributed by atoms with Gasteiger partial charge in [-0.3, -0.25) is 0 Å². The first-order valence-electron chi connectivity index (χ1n) is 16.7. The number of rotatable bonds is 16. The third-order valence-electron chi connectivity index (χ3n) is 10.8. The summed E-state index contributed by atoms with van der Waals surface area (Å²) in [6.07, 6.45) is 4.04. The minimum Gasteiger partial charge on any atom is -0.493 e. The molecule has 0 aromatic heterocycles. The van der Waals surface area contributed by atoms with Crippen molar-refractivity contribution in [2.75, 3.05) is 59.5 Å². The fourth-order valence-electron chi connectivity index (χ4n) is 6.37. The zero-order chi connectivity index (χ0) is 31.4. The van der Waals surface area contributed by atoms with Gasteiger partial charge >= 0.3 is 0 Å². The van der Waals surface area contributed by atoms with E-state index in [0.717, 1.165) is 82.6 Å². The molecule has 242 valence electrons. The van der Waals surface area contributed by atoms with Gasteiger partial charge in [0.15, 0.2) is 0 Å². The molecule has 3 heterocycles. The van der Waals surface area contributed by atoms with Crippen molar-refractivity contribution in [2.24, 2.45) is 16.2 Å². The van der Waals surface area contributed by atoms with Crippen molar-refractivity contribution in [3.05, 3.63) is 89.5 Å². The molecular weight excluding hydrogens is 564 g/mol. The molecule has 0 spiro atoms. The van der Waals surface area contributed by atoms with Gasteiger partial charge in [-0.1, -0.05) is 64.1 Å². The van der Waals surface area contributed by atoms with E-state index in [9.17, 15) is 0 Å². The predicted molar refractivity (Wildman–Crippen MR) is 177 cm³/mol. The zero-order valence-electron chi connectivity index (χ0n) is 27.6. The Morgan fingerprint density at radius 2 is 0.822 bits per heavy atom. The van der Waals surface area contributed by atoms with Gasteiger partial charge in [0.05, 0.1) is 75.7 Å². The van der Waals surface area contributed by atoms with Crippen molar-refractivity contribution in [3.8, 4) is 17.2 Å². The molecule has 45 heavy (non-hydrogen) atoms. The molecule has 3 saturated heterocycles. The van der Waals surface area contributed by atoms with Gasteiger partial charge < -0.3 is 28.4 Å². The summed E-state index contributed by atoms with van der Waals surface area (Å²) in [6, 6.07) is 26.0. The highest BCUT2D eigenvalue weighted by atomic mass is 16.5. The van der Waals surface area contributed by atoms with Crippen molar-refractivity contribution in [3.63, 3.8) is 0 Å². The summed E-state index contributed by atoms with van der Waals surface area (Å²) < 4.78 is 35.1. The van der Waals surface area contributed by atoms with Crippen LogP contribution in [0.25, 0.3) is 0 Å².